The van der Waals surface area contributed by atoms with Crippen LogP contribution in [0.15, 0.2) is 0 Å². The molecule has 1 rings (SSSR count). The van der Waals surface area contributed by atoms with Crippen LogP contribution < -0.4 is 0 Å². The summed E-state index contributed by atoms with van der Waals surface area (Å²) in [6.45, 7) is 1.82. The molecule has 0 spiro atoms. The van der Waals surface area contributed by atoms with Crippen LogP contribution in [0.4, 0.5) is 0 Å². The van der Waals surface area contributed by atoms with E-state index >= 15 is 0 Å². The van der Waals surface area contributed by atoms with Crippen LogP contribution in [0.1, 0.15) is 6.92 Å². The molecule has 15 heavy (non-hydrogen) atoms. The van der Waals surface area contributed by atoms with Gasteiger partial charge in [0.1, 0.15) is 18.3 Å². The first-order valence-electron chi connectivity index (χ1n) is 4.53. The fourth-order valence-electron chi connectivity index (χ4n) is 1.35. The lowest BCUT2D eigenvalue weighted by Gasteiger charge is -2.38. The van der Waals surface area contributed by atoms with Crippen molar-refractivity contribution in [1.29, 1.82) is 0 Å². The lowest BCUT2D eigenvalue weighted by Crippen LogP contribution is -2.60. The van der Waals surface area contributed by atoms with Gasteiger partial charge in [-0.3, -0.25) is 0 Å². The van der Waals surface area contributed by atoms with Crippen LogP contribution in [0.2, 0.25) is 0 Å². The average molecular weight is 222 g/mol. The highest BCUT2D eigenvalue weighted by atomic mass is 16.7. The predicted molar refractivity (Wildman–Crippen MR) is 45.9 cm³/mol. The molecule has 4 N–H and O–H groups in total. The molecule has 5 atom stereocenters. The number of aliphatic carboxylic acids is 1. The molecule has 0 saturated carbocycles. The van der Waals surface area contributed by atoms with E-state index in [1.807, 2.05) is 0 Å². The van der Waals surface area contributed by atoms with Crippen molar-refractivity contribution in [3.05, 3.63) is 0 Å². The van der Waals surface area contributed by atoms with Gasteiger partial charge in [0.2, 0.25) is 0 Å². The maximum atomic E-state index is 10.6. The Balaban J connectivity index is 2.75. The molecule has 1 saturated heterocycles. The van der Waals surface area contributed by atoms with Crippen molar-refractivity contribution in [3.8, 4) is 0 Å². The van der Waals surface area contributed by atoms with E-state index in [1.165, 1.54) is 0 Å². The molecule has 0 radical (unpaired) electrons. The van der Waals surface area contributed by atoms with E-state index in [0.29, 0.717) is 0 Å². The van der Waals surface area contributed by atoms with Gasteiger partial charge in [-0.2, -0.15) is 0 Å². The van der Waals surface area contributed by atoms with Crippen LogP contribution in [-0.4, -0.2) is 63.7 Å². The summed E-state index contributed by atoms with van der Waals surface area (Å²) in [4.78, 5) is 10.6. The number of aliphatic hydroxyl groups excluding tert-OH is 3. The Labute approximate surface area is 85.9 Å². The van der Waals surface area contributed by atoms with Crippen LogP contribution in [0, 0.1) is 0 Å². The predicted octanol–water partition coefficient (Wildman–Crippen LogP) is -2.08. The summed E-state index contributed by atoms with van der Waals surface area (Å²) < 4.78 is 9.69. The van der Waals surface area contributed by atoms with Crippen molar-refractivity contribution in [2.75, 3.05) is 6.61 Å². The van der Waals surface area contributed by atoms with Gasteiger partial charge >= 0.3 is 5.97 Å². The third kappa shape index (κ3) is 2.44. The lowest BCUT2D eigenvalue weighted by molar-refractivity contribution is -0.292. The van der Waals surface area contributed by atoms with E-state index in [0.717, 1.165) is 0 Å². The molecule has 7 heteroatoms. The zero-order valence-electron chi connectivity index (χ0n) is 8.11. The Bertz CT molecular complexity index is 231. The van der Waals surface area contributed by atoms with E-state index in [4.69, 9.17) is 14.6 Å². The first-order chi connectivity index (χ1) is 6.99. The SMILES string of the molecule is CCO[C@@H]1O[C@H](C(=O)O)[C@H](O)[C@H](O)[C@H]1O. The highest BCUT2D eigenvalue weighted by Gasteiger charge is 2.47. The minimum absolute atomic E-state index is 0.191. The summed E-state index contributed by atoms with van der Waals surface area (Å²) in [5.74, 6) is -1.42. The van der Waals surface area contributed by atoms with Gasteiger partial charge in [0, 0.05) is 6.61 Å². The monoisotopic (exact) mass is 222 g/mol. The lowest BCUT2D eigenvalue weighted by atomic mass is 9.99. The zero-order valence-corrected chi connectivity index (χ0v) is 8.11. The third-order valence-electron chi connectivity index (χ3n) is 2.14. The molecule has 1 aliphatic rings. The molecule has 0 bridgehead atoms. The van der Waals surface area contributed by atoms with Crippen molar-refractivity contribution in [2.45, 2.75) is 37.6 Å². The first kappa shape index (κ1) is 12.3. The third-order valence-corrected chi connectivity index (χ3v) is 2.14. The van der Waals surface area contributed by atoms with Crippen molar-refractivity contribution in [3.63, 3.8) is 0 Å². The van der Waals surface area contributed by atoms with Gasteiger partial charge in [-0.25, -0.2) is 4.79 Å². The molecule has 1 fully saturated rings. The van der Waals surface area contributed by atoms with Gasteiger partial charge in [-0.15, -0.1) is 0 Å². The molecule has 1 aliphatic heterocycles. The van der Waals surface area contributed by atoms with E-state index in [2.05, 4.69) is 0 Å². The quantitative estimate of drug-likeness (QED) is 0.432. The molecule has 0 aromatic carbocycles. The Morgan fingerprint density at radius 2 is 1.87 bits per heavy atom. The number of carboxylic acids is 1. The summed E-state index contributed by atoms with van der Waals surface area (Å²) in [6.07, 6.45) is -7.57. The van der Waals surface area contributed by atoms with E-state index in [-0.39, 0.29) is 6.61 Å². The smallest absolute Gasteiger partial charge is 0.335 e. The van der Waals surface area contributed by atoms with Gasteiger partial charge in [0.25, 0.3) is 0 Å². The van der Waals surface area contributed by atoms with Gasteiger partial charge in [0.05, 0.1) is 0 Å². The molecule has 0 aromatic rings. The fourth-order valence-corrected chi connectivity index (χ4v) is 1.35. The topological polar surface area (TPSA) is 116 Å². The molecule has 0 amide bonds. The minimum Gasteiger partial charge on any atom is -0.479 e. The molecule has 1 heterocycles. The summed E-state index contributed by atoms with van der Waals surface area (Å²) >= 11 is 0. The Morgan fingerprint density at radius 1 is 1.27 bits per heavy atom. The highest BCUT2D eigenvalue weighted by Crippen LogP contribution is 2.22. The van der Waals surface area contributed by atoms with Crippen molar-refractivity contribution in [1.82, 2.24) is 0 Å². The molecule has 0 aromatic heterocycles. The van der Waals surface area contributed by atoms with E-state index < -0.39 is 36.7 Å². The summed E-state index contributed by atoms with van der Waals surface area (Å²) in [6, 6.07) is 0. The van der Waals surface area contributed by atoms with Gasteiger partial charge in [-0.1, -0.05) is 0 Å². The van der Waals surface area contributed by atoms with E-state index in [9.17, 15) is 20.1 Å². The normalized spacial score (nSPS) is 41.5. The summed E-state index contributed by atoms with van der Waals surface area (Å²) in [5, 5.41) is 36.7. The van der Waals surface area contributed by atoms with Crippen molar-refractivity contribution in [2.24, 2.45) is 0 Å². The van der Waals surface area contributed by atoms with Gasteiger partial charge in [-0.05, 0) is 6.92 Å². The van der Waals surface area contributed by atoms with Crippen LogP contribution in [0.3, 0.4) is 0 Å². The van der Waals surface area contributed by atoms with Gasteiger partial charge < -0.3 is 29.9 Å². The number of carboxylic acid groups (broad SMARTS) is 1. The Morgan fingerprint density at radius 3 is 2.33 bits per heavy atom. The molecule has 0 aliphatic carbocycles. The second kappa shape index (κ2) is 4.86. The van der Waals surface area contributed by atoms with Crippen LogP contribution >= 0.6 is 0 Å². The second-order valence-corrected chi connectivity index (χ2v) is 3.19. The minimum atomic E-state index is -1.67. The summed E-state index contributed by atoms with van der Waals surface area (Å²) in [7, 11) is 0. The fraction of sp³-hybridized carbons (Fsp3) is 0.875. The Hall–Kier alpha value is -0.730. The maximum absolute atomic E-state index is 10.6. The van der Waals surface area contributed by atoms with Gasteiger partial charge in [0.15, 0.2) is 12.4 Å². The zero-order chi connectivity index (χ0) is 11.6. The van der Waals surface area contributed by atoms with Crippen LogP contribution in [0.25, 0.3) is 0 Å². The van der Waals surface area contributed by atoms with Crippen LogP contribution in [-0.2, 0) is 14.3 Å². The molecule has 7 nitrogen and oxygen atoms in total. The van der Waals surface area contributed by atoms with Crippen molar-refractivity contribution < 1.29 is 34.7 Å². The van der Waals surface area contributed by atoms with Crippen molar-refractivity contribution >= 4 is 5.97 Å². The highest BCUT2D eigenvalue weighted by molar-refractivity contribution is 5.73. The maximum Gasteiger partial charge on any atom is 0.335 e. The van der Waals surface area contributed by atoms with Crippen LogP contribution in [0.5, 0.6) is 0 Å². The largest absolute Gasteiger partial charge is 0.479 e. The number of rotatable bonds is 3. The number of carbonyl (C=O) groups is 1. The Kier molecular flexibility index (Phi) is 4.00. The van der Waals surface area contributed by atoms with E-state index in [1.54, 1.807) is 6.92 Å². The molecular formula is C8H14O7. The number of aliphatic hydroxyl groups is 3. The molecular weight excluding hydrogens is 208 g/mol. The summed E-state index contributed by atoms with van der Waals surface area (Å²) in [5.41, 5.74) is 0. The standard InChI is InChI=1S/C8H14O7/c1-2-14-8-5(11)3(9)4(10)6(15-8)7(12)13/h3-6,8-11H,2H2,1H3,(H,12,13)/t3-,4+,5+,6-,8+/m0/s1. The number of hydrogen-bond acceptors (Lipinski definition) is 6. The molecule has 0 unspecified atom stereocenters. The first-order valence-corrected chi connectivity index (χ1v) is 4.53. The average Bonchev–Trinajstić information content (AvgIpc) is 2.18. The number of hydrogen-bond donors (Lipinski definition) is 4. The second-order valence-electron chi connectivity index (χ2n) is 3.19. The number of ether oxygens (including phenoxy) is 2. The molecule has 88 valence electrons.